The van der Waals surface area contributed by atoms with Crippen molar-refractivity contribution >= 4 is 6.08 Å². The van der Waals surface area contributed by atoms with Gasteiger partial charge in [0.25, 0.3) is 0 Å². The number of nitrogens with zero attached hydrogens (tertiary/aromatic N) is 1. The van der Waals surface area contributed by atoms with E-state index in [-0.39, 0.29) is 0 Å². The molecule has 35 heavy (non-hydrogen) atoms. The lowest BCUT2D eigenvalue weighted by Gasteiger charge is -2.26. The Balaban J connectivity index is 0. The predicted octanol–water partition coefficient (Wildman–Crippen LogP) is 11.3. The van der Waals surface area contributed by atoms with E-state index in [4.69, 9.17) is 5.26 Å². The molecule has 2 rings (SSSR count). The van der Waals surface area contributed by atoms with Crippen molar-refractivity contribution in [3.8, 4) is 6.07 Å². The Bertz CT molecular complexity index is 880. The molecule has 0 fully saturated rings. The standard InChI is InChI=1S/C18H17N.C11H24.C3H6.C2H6/c1-4-17-11-13(2)18(14(17)3)10-9-15-5-7-16(12-19)8-6-15;1-6-8-10(3)9-11(4,5)7-2;1-3-2;1-2/h4-11H,1-3H3;10H,6-9H2,1-5H3;3H,1H2,2H3;1-2H3/b10-9+,17-4-;;;. The molecule has 1 aromatic rings. The Labute approximate surface area is 219 Å². The third kappa shape index (κ3) is 14.4. The lowest BCUT2D eigenvalue weighted by Crippen LogP contribution is -2.14. The Morgan fingerprint density at radius 2 is 1.57 bits per heavy atom. The fourth-order valence-electron chi connectivity index (χ4n) is 3.96. The summed E-state index contributed by atoms with van der Waals surface area (Å²) in [5.74, 6) is 0.912. The van der Waals surface area contributed by atoms with E-state index < -0.39 is 0 Å². The van der Waals surface area contributed by atoms with E-state index in [0.29, 0.717) is 11.0 Å². The van der Waals surface area contributed by atoms with Crippen molar-refractivity contribution in [3.05, 3.63) is 88.6 Å². The van der Waals surface area contributed by atoms with Crippen LogP contribution in [0.3, 0.4) is 0 Å². The summed E-state index contributed by atoms with van der Waals surface area (Å²) < 4.78 is 0. The molecule has 0 aromatic heterocycles. The number of allylic oxidation sites excluding steroid dienone is 8. The maximum atomic E-state index is 8.77. The molecule has 0 saturated carbocycles. The van der Waals surface area contributed by atoms with Crippen LogP contribution in [0.5, 0.6) is 0 Å². The van der Waals surface area contributed by atoms with Crippen LogP contribution < -0.4 is 0 Å². The molecule has 0 heterocycles. The van der Waals surface area contributed by atoms with Gasteiger partial charge < -0.3 is 0 Å². The number of hydrogen-bond donors (Lipinski definition) is 0. The zero-order valence-corrected chi connectivity index (χ0v) is 24.8. The van der Waals surface area contributed by atoms with E-state index >= 15 is 0 Å². The van der Waals surface area contributed by atoms with Gasteiger partial charge in [0.05, 0.1) is 11.6 Å². The van der Waals surface area contributed by atoms with E-state index in [1.165, 1.54) is 48.0 Å². The molecular formula is C34H53N. The number of hydrogen-bond acceptors (Lipinski definition) is 1. The minimum atomic E-state index is 0.564. The minimum absolute atomic E-state index is 0.564. The van der Waals surface area contributed by atoms with Crippen LogP contribution in [0, 0.1) is 22.7 Å². The second-order valence-corrected chi connectivity index (χ2v) is 9.70. The van der Waals surface area contributed by atoms with Crippen molar-refractivity contribution < 1.29 is 0 Å². The van der Waals surface area contributed by atoms with Gasteiger partial charge in [-0.1, -0.05) is 110 Å². The molecule has 1 unspecified atom stereocenters. The molecule has 0 saturated heterocycles. The van der Waals surface area contributed by atoms with Crippen LogP contribution in [0.25, 0.3) is 6.08 Å². The molecule has 1 aromatic carbocycles. The fourth-order valence-corrected chi connectivity index (χ4v) is 3.96. The predicted molar refractivity (Wildman–Crippen MR) is 160 cm³/mol. The second-order valence-electron chi connectivity index (χ2n) is 9.70. The minimum Gasteiger partial charge on any atom is -0.192 e. The van der Waals surface area contributed by atoms with Crippen LogP contribution >= 0.6 is 0 Å². The highest BCUT2D eigenvalue weighted by molar-refractivity contribution is 5.65. The quantitative estimate of drug-likeness (QED) is 0.360. The SMILES string of the molecule is C/C=C1/C=C(C)C(/C=C/c2ccc(C#N)cc2)=C1C.C=CC.CC.CCCC(C)CC(C)(C)CC. The van der Waals surface area contributed by atoms with E-state index in [2.05, 4.69) is 92.3 Å². The van der Waals surface area contributed by atoms with Crippen LogP contribution in [0.15, 0.2) is 77.4 Å². The fraction of sp³-hybridized carbons (Fsp3) is 0.500. The lowest BCUT2D eigenvalue weighted by molar-refractivity contribution is 0.258. The maximum Gasteiger partial charge on any atom is 0.0991 e. The van der Waals surface area contributed by atoms with Crippen LogP contribution in [-0.4, -0.2) is 0 Å². The first kappa shape index (κ1) is 34.6. The van der Waals surface area contributed by atoms with Crippen LogP contribution in [-0.2, 0) is 0 Å². The Morgan fingerprint density at radius 1 is 1.03 bits per heavy atom. The molecule has 1 nitrogen and oxygen atoms in total. The molecule has 0 radical (unpaired) electrons. The van der Waals surface area contributed by atoms with Gasteiger partial charge in [-0.2, -0.15) is 5.26 Å². The summed E-state index contributed by atoms with van der Waals surface area (Å²) >= 11 is 0. The first-order valence-corrected chi connectivity index (χ1v) is 13.4. The molecular weight excluding hydrogens is 422 g/mol. The summed E-state index contributed by atoms with van der Waals surface area (Å²) in [5.41, 5.74) is 7.59. The van der Waals surface area contributed by atoms with Crippen LogP contribution in [0.2, 0.25) is 0 Å². The van der Waals surface area contributed by atoms with Gasteiger partial charge in [-0.25, -0.2) is 0 Å². The molecule has 1 heteroatoms. The molecule has 1 atom stereocenters. The molecule has 194 valence electrons. The van der Waals surface area contributed by atoms with Crippen LogP contribution in [0.1, 0.15) is 113 Å². The van der Waals surface area contributed by atoms with Crippen LogP contribution in [0.4, 0.5) is 0 Å². The molecule has 0 amide bonds. The highest BCUT2D eigenvalue weighted by Crippen LogP contribution is 2.31. The van der Waals surface area contributed by atoms with E-state index in [0.717, 1.165) is 11.5 Å². The summed E-state index contributed by atoms with van der Waals surface area (Å²) in [4.78, 5) is 0. The van der Waals surface area contributed by atoms with Gasteiger partial charge in [0.1, 0.15) is 0 Å². The van der Waals surface area contributed by atoms with Gasteiger partial charge in [-0.05, 0) is 85.4 Å². The number of nitriles is 1. The normalized spacial score (nSPS) is 14.6. The van der Waals surface area contributed by atoms with Gasteiger partial charge in [-0.3, -0.25) is 0 Å². The smallest absolute Gasteiger partial charge is 0.0991 e. The summed E-state index contributed by atoms with van der Waals surface area (Å²) in [6.45, 7) is 27.3. The summed E-state index contributed by atoms with van der Waals surface area (Å²) in [5, 5.41) is 8.77. The van der Waals surface area contributed by atoms with Gasteiger partial charge >= 0.3 is 0 Å². The highest BCUT2D eigenvalue weighted by atomic mass is 14.2. The summed E-state index contributed by atoms with van der Waals surface area (Å²) in [6, 6.07) is 9.75. The molecule has 1 aliphatic carbocycles. The molecule has 1 aliphatic rings. The number of rotatable bonds is 7. The molecule has 0 spiro atoms. The van der Waals surface area contributed by atoms with Gasteiger partial charge in [0.15, 0.2) is 0 Å². The Kier molecular flexibility index (Phi) is 19.5. The van der Waals surface area contributed by atoms with E-state index in [9.17, 15) is 0 Å². The zero-order valence-electron chi connectivity index (χ0n) is 24.8. The van der Waals surface area contributed by atoms with Crippen molar-refractivity contribution in [2.24, 2.45) is 11.3 Å². The molecule has 0 aliphatic heterocycles. The van der Waals surface area contributed by atoms with Crippen molar-refractivity contribution in [1.29, 1.82) is 5.26 Å². The largest absolute Gasteiger partial charge is 0.192 e. The van der Waals surface area contributed by atoms with Gasteiger partial charge in [-0.15, -0.1) is 6.58 Å². The average Bonchev–Trinajstić information content (AvgIpc) is 3.12. The zero-order chi connectivity index (χ0) is 27.4. The second kappa shape index (κ2) is 19.7. The third-order valence-corrected chi connectivity index (χ3v) is 6.07. The maximum absolute atomic E-state index is 8.77. The number of benzene rings is 1. The first-order chi connectivity index (χ1) is 16.6. The topological polar surface area (TPSA) is 23.8 Å². The molecule has 0 N–H and O–H groups in total. The monoisotopic (exact) mass is 475 g/mol. The third-order valence-electron chi connectivity index (χ3n) is 6.07. The van der Waals surface area contributed by atoms with Crippen molar-refractivity contribution in [1.82, 2.24) is 0 Å². The lowest BCUT2D eigenvalue weighted by atomic mass is 9.80. The van der Waals surface area contributed by atoms with Gasteiger partial charge in [0.2, 0.25) is 0 Å². The Morgan fingerprint density at radius 3 is 1.97 bits per heavy atom. The van der Waals surface area contributed by atoms with Gasteiger partial charge in [0, 0.05) is 0 Å². The van der Waals surface area contributed by atoms with Crippen molar-refractivity contribution in [3.63, 3.8) is 0 Å². The summed E-state index contributed by atoms with van der Waals surface area (Å²) in [7, 11) is 0. The van der Waals surface area contributed by atoms with Crippen molar-refractivity contribution in [2.45, 2.75) is 102 Å². The first-order valence-electron chi connectivity index (χ1n) is 13.4. The summed E-state index contributed by atoms with van der Waals surface area (Å²) in [6.07, 6.45) is 15.8. The Hall–Kier alpha value is -2.59. The van der Waals surface area contributed by atoms with E-state index in [1.54, 1.807) is 6.08 Å². The average molecular weight is 476 g/mol. The van der Waals surface area contributed by atoms with Crippen molar-refractivity contribution in [2.75, 3.05) is 0 Å². The van der Waals surface area contributed by atoms with E-state index in [1.807, 2.05) is 45.0 Å². The molecule has 0 bridgehead atoms. The highest BCUT2D eigenvalue weighted by Gasteiger charge is 2.17.